The van der Waals surface area contributed by atoms with Crippen molar-refractivity contribution in [1.82, 2.24) is 4.72 Å². The molecule has 0 atom stereocenters. The topological polar surface area (TPSA) is 95.9 Å². The van der Waals surface area contributed by atoms with E-state index in [9.17, 15) is 21.6 Å². The molecule has 0 aromatic heterocycles. The van der Waals surface area contributed by atoms with Crippen molar-refractivity contribution in [2.24, 2.45) is 0 Å². The minimum atomic E-state index is -4.94. The third-order valence-electron chi connectivity index (χ3n) is 2.43. The summed E-state index contributed by atoms with van der Waals surface area (Å²) < 4.78 is 66.0. The number of alkyl halides is 3. The number of hydrogen-bond acceptors (Lipinski definition) is 5. The Kier molecular flexibility index (Phi) is 5.20. The molecule has 10 heteroatoms. The second-order valence-corrected chi connectivity index (χ2v) is 6.19. The number of sulfonamides is 1. The van der Waals surface area contributed by atoms with E-state index in [0.717, 1.165) is 18.2 Å². The van der Waals surface area contributed by atoms with E-state index in [0.29, 0.717) is 6.07 Å². The smallest absolute Gasteiger partial charge is 0.406 e. The first kappa shape index (κ1) is 17.7. The molecule has 0 aliphatic heterocycles. The van der Waals surface area contributed by atoms with Gasteiger partial charge in [-0.3, -0.25) is 0 Å². The van der Waals surface area contributed by atoms with Crippen molar-refractivity contribution in [2.75, 3.05) is 13.2 Å². The molecule has 21 heavy (non-hydrogen) atoms. The standard InChI is InChI=1S/C11H14F3NO5S/c1-10(6-16,7-17)15-21(18,19)9-4-2-3-8(5-9)20-11(12,13)14/h2-5,15-17H,6-7H2,1H3. The Labute approximate surface area is 119 Å². The zero-order valence-electron chi connectivity index (χ0n) is 10.9. The predicted molar refractivity (Wildman–Crippen MR) is 66.0 cm³/mol. The minimum Gasteiger partial charge on any atom is -0.406 e. The van der Waals surface area contributed by atoms with E-state index in [1.807, 2.05) is 4.72 Å². The van der Waals surface area contributed by atoms with Crippen LogP contribution in [0, 0.1) is 0 Å². The second-order valence-electron chi connectivity index (χ2n) is 4.51. The van der Waals surface area contributed by atoms with Crippen molar-refractivity contribution in [3.05, 3.63) is 24.3 Å². The quantitative estimate of drug-likeness (QED) is 0.710. The normalized spacial score (nSPS) is 13.2. The van der Waals surface area contributed by atoms with Gasteiger partial charge in [-0.2, -0.15) is 0 Å². The molecule has 1 aromatic carbocycles. The van der Waals surface area contributed by atoms with Crippen molar-refractivity contribution in [1.29, 1.82) is 0 Å². The number of nitrogens with one attached hydrogen (secondary N) is 1. The summed E-state index contributed by atoms with van der Waals surface area (Å²) in [5.41, 5.74) is -1.54. The monoisotopic (exact) mass is 329 g/mol. The molecule has 0 amide bonds. The maximum absolute atomic E-state index is 12.1. The molecule has 0 saturated heterocycles. The lowest BCUT2D eigenvalue weighted by molar-refractivity contribution is -0.274. The number of aliphatic hydroxyl groups is 2. The van der Waals surface area contributed by atoms with E-state index >= 15 is 0 Å². The highest BCUT2D eigenvalue weighted by atomic mass is 32.2. The van der Waals surface area contributed by atoms with Gasteiger partial charge in [0.25, 0.3) is 0 Å². The Hall–Kier alpha value is -1.36. The minimum absolute atomic E-state index is 0.489. The maximum Gasteiger partial charge on any atom is 0.573 e. The summed E-state index contributed by atoms with van der Waals surface area (Å²) in [6.07, 6.45) is -4.94. The van der Waals surface area contributed by atoms with Gasteiger partial charge in [-0.1, -0.05) is 6.07 Å². The molecule has 0 unspecified atom stereocenters. The third kappa shape index (κ3) is 5.16. The number of halogens is 3. The average molecular weight is 329 g/mol. The van der Waals surface area contributed by atoms with Crippen LogP contribution >= 0.6 is 0 Å². The number of ether oxygens (including phenoxy) is 1. The highest BCUT2D eigenvalue weighted by Crippen LogP contribution is 2.25. The molecular weight excluding hydrogens is 315 g/mol. The Bertz CT molecular complexity index is 584. The van der Waals surface area contributed by atoms with Crippen molar-refractivity contribution in [3.63, 3.8) is 0 Å². The molecule has 0 bridgehead atoms. The molecule has 120 valence electrons. The van der Waals surface area contributed by atoms with Gasteiger partial charge in [0, 0.05) is 6.07 Å². The average Bonchev–Trinajstić information content (AvgIpc) is 2.36. The molecule has 0 saturated carbocycles. The van der Waals surface area contributed by atoms with Crippen LogP contribution in [0.3, 0.4) is 0 Å². The summed E-state index contributed by atoms with van der Waals surface area (Å²) in [5, 5.41) is 18.1. The van der Waals surface area contributed by atoms with Crippen LogP contribution in [-0.2, 0) is 10.0 Å². The molecule has 0 aliphatic carbocycles. The molecule has 1 rings (SSSR count). The highest BCUT2D eigenvalue weighted by Gasteiger charge is 2.33. The van der Waals surface area contributed by atoms with Crippen LogP contribution in [0.5, 0.6) is 5.75 Å². The van der Waals surface area contributed by atoms with E-state index in [2.05, 4.69) is 4.74 Å². The molecule has 0 spiro atoms. The van der Waals surface area contributed by atoms with Crippen LogP contribution in [0.15, 0.2) is 29.2 Å². The predicted octanol–water partition coefficient (Wildman–Crippen LogP) is 0.607. The zero-order chi connectivity index (χ0) is 16.3. The summed E-state index contributed by atoms with van der Waals surface area (Å²) in [4.78, 5) is -0.489. The van der Waals surface area contributed by atoms with Gasteiger partial charge in [0.05, 0.1) is 23.6 Å². The number of hydrogen-bond donors (Lipinski definition) is 3. The van der Waals surface area contributed by atoms with E-state index in [-0.39, 0.29) is 0 Å². The van der Waals surface area contributed by atoms with E-state index in [1.54, 1.807) is 0 Å². The van der Waals surface area contributed by atoms with Crippen LogP contribution in [0.25, 0.3) is 0 Å². The van der Waals surface area contributed by atoms with Crippen LogP contribution < -0.4 is 9.46 Å². The largest absolute Gasteiger partial charge is 0.573 e. The van der Waals surface area contributed by atoms with Gasteiger partial charge in [0.1, 0.15) is 5.75 Å². The fraction of sp³-hybridized carbons (Fsp3) is 0.455. The molecule has 6 nitrogen and oxygen atoms in total. The second kappa shape index (κ2) is 6.18. The van der Waals surface area contributed by atoms with Gasteiger partial charge in [0.2, 0.25) is 10.0 Å². The van der Waals surface area contributed by atoms with Gasteiger partial charge >= 0.3 is 6.36 Å². The number of aliphatic hydroxyl groups excluding tert-OH is 2. The van der Waals surface area contributed by atoms with Gasteiger partial charge < -0.3 is 14.9 Å². The fourth-order valence-corrected chi connectivity index (χ4v) is 2.76. The first-order valence-corrected chi connectivity index (χ1v) is 7.11. The fourth-order valence-electron chi connectivity index (χ4n) is 1.34. The Morgan fingerprint density at radius 1 is 1.24 bits per heavy atom. The third-order valence-corrected chi connectivity index (χ3v) is 4.06. The lowest BCUT2D eigenvalue weighted by Gasteiger charge is -2.25. The van der Waals surface area contributed by atoms with Crippen LogP contribution in [-0.4, -0.2) is 43.7 Å². The van der Waals surface area contributed by atoms with Crippen molar-refractivity contribution >= 4 is 10.0 Å². The van der Waals surface area contributed by atoms with Gasteiger partial charge in [0.15, 0.2) is 0 Å². The highest BCUT2D eigenvalue weighted by molar-refractivity contribution is 7.89. The molecule has 0 aliphatic rings. The van der Waals surface area contributed by atoms with Crippen molar-refractivity contribution < 1.29 is 36.5 Å². The SMILES string of the molecule is CC(CO)(CO)NS(=O)(=O)c1cccc(OC(F)(F)F)c1. The Balaban J connectivity index is 3.07. The van der Waals surface area contributed by atoms with Crippen LogP contribution in [0.1, 0.15) is 6.92 Å². The number of benzene rings is 1. The van der Waals surface area contributed by atoms with E-state index in [1.165, 1.54) is 6.92 Å². The molecule has 1 aromatic rings. The van der Waals surface area contributed by atoms with Crippen LogP contribution in [0.4, 0.5) is 13.2 Å². The number of rotatable bonds is 6. The first-order chi connectivity index (χ1) is 9.51. The summed E-state index contributed by atoms with van der Waals surface area (Å²) in [6.45, 7) is -0.149. The zero-order valence-corrected chi connectivity index (χ0v) is 11.7. The Morgan fingerprint density at radius 3 is 2.29 bits per heavy atom. The van der Waals surface area contributed by atoms with Crippen LogP contribution in [0.2, 0.25) is 0 Å². The maximum atomic E-state index is 12.1. The summed E-state index contributed by atoms with van der Waals surface area (Å²) in [7, 11) is -4.24. The van der Waals surface area contributed by atoms with Gasteiger partial charge in [-0.15, -0.1) is 13.2 Å². The lowest BCUT2D eigenvalue weighted by Crippen LogP contribution is -2.51. The molecule has 3 N–H and O–H groups in total. The first-order valence-electron chi connectivity index (χ1n) is 5.63. The summed E-state index contributed by atoms with van der Waals surface area (Å²) in [6, 6.07) is 3.76. The summed E-state index contributed by atoms with van der Waals surface area (Å²) >= 11 is 0. The summed E-state index contributed by atoms with van der Waals surface area (Å²) in [5.74, 6) is -0.694. The Morgan fingerprint density at radius 2 is 1.81 bits per heavy atom. The van der Waals surface area contributed by atoms with E-state index < -0.39 is 45.8 Å². The molecular formula is C11H14F3NO5S. The van der Waals surface area contributed by atoms with Gasteiger partial charge in [-0.25, -0.2) is 13.1 Å². The molecule has 0 heterocycles. The lowest BCUT2D eigenvalue weighted by atomic mass is 10.1. The van der Waals surface area contributed by atoms with Crippen molar-refractivity contribution in [2.45, 2.75) is 23.7 Å². The van der Waals surface area contributed by atoms with Gasteiger partial charge in [-0.05, 0) is 19.1 Å². The van der Waals surface area contributed by atoms with Crippen molar-refractivity contribution in [3.8, 4) is 5.75 Å². The van der Waals surface area contributed by atoms with E-state index in [4.69, 9.17) is 10.2 Å². The molecule has 0 radical (unpaired) electrons. The molecule has 0 fully saturated rings.